The van der Waals surface area contributed by atoms with Crippen LogP contribution < -0.4 is 0 Å². The van der Waals surface area contributed by atoms with Crippen molar-refractivity contribution in [3.8, 4) is 0 Å². The van der Waals surface area contributed by atoms with Crippen LogP contribution in [0.5, 0.6) is 0 Å². The fourth-order valence-corrected chi connectivity index (χ4v) is 3.37. The van der Waals surface area contributed by atoms with Crippen molar-refractivity contribution >= 4 is 11.9 Å². The summed E-state index contributed by atoms with van der Waals surface area (Å²) < 4.78 is 11.8. The maximum atomic E-state index is 12.7. The van der Waals surface area contributed by atoms with Gasteiger partial charge in [-0.2, -0.15) is 0 Å². The van der Waals surface area contributed by atoms with E-state index in [-0.39, 0.29) is 24.1 Å². The second-order valence-electron chi connectivity index (χ2n) is 8.96. The molecule has 2 rings (SSSR count). The van der Waals surface area contributed by atoms with Gasteiger partial charge in [-0.25, -0.2) is 9.59 Å². The van der Waals surface area contributed by atoms with Crippen molar-refractivity contribution in [3.05, 3.63) is 71.8 Å². The lowest BCUT2D eigenvalue weighted by Gasteiger charge is -2.25. The maximum absolute atomic E-state index is 12.7. The van der Waals surface area contributed by atoms with Crippen LogP contribution in [-0.2, 0) is 9.47 Å². The van der Waals surface area contributed by atoms with Crippen molar-refractivity contribution in [1.29, 1.82) is 0 Å². The van der Waals surface area contributed by atoms with Gasteiger partial charge in [0.05, 0.1) is 11.1 Å². The number of carbonyl (C=O) groups is 2. The van der Waals surface area contributed by atoms with Gasteiger partial charge in [0.2, 0.25) is 0 Å². The minimum atomic E-state index is -0.327. The first-order chi connectivity index (χ1) is 14.8. The molecule has 0 aliphatic heterocycles. The van der Waals surface area contributed by atoms with Crippen LogP contribution in [0.2, 0.25) is 0 Å². The van der Waals surface area contributed by atoms with Gasteiger partial charge in [0.25, 0.3) is 0 Å². The van der Waals surface area contributed by atoms with Crippen molar-refractivity contribution in [1.82, 2.24) is 0 Å². The Balaban J connectivity index is 2.11. The lowest BCUT2D eigenvalue weighted by atomic mass is 9.97. The summed E-state index contributed by atoms with van der Waals surface area (Å²) in [5.74, 6) is 0.343. The molecule has 4 nitrogen and oxygen atoms in total. The molecular weight excluding hydrogens is 388 g/mol. The van der Waals surface area contributed by atoms with E-state index < -0.39 is 0 Å². The number of hydrogen-bond donors (Lipinski definition) is 0. The van der Waals surface area contributed by atoms with Crippen molar-refractivity contribution in [3.63, 3.8) is 0 Å². The monoisotopic (exact) mass is 424 g/mol. The highest BCUT2D eigenvalue weighted by atomic mass is 16.6. The van der Waals surface area contributed by atoms with E-state index in [1.807, 2.05) is 36.4 Å². The molecule has 2 unspecified atom stereocenters. The maximum Gasteiger partial charge on any atom is 0.338 e. The normalized spacial score (nSPS) is 13.1. The van der Waals surface area contributed by atoms with Crippen LogP contribution in [0.15, 0.2) is 60.7 Å². The zero-order valence-corrected chi connectivity index (χ0v) is 19.3. The molecule has 31 heavy (non-hydrogen) atoms. The highest BCUT2D eigenvalue weighted by molar-refractivity contribution is 5.90. The van der Waals surface area contributed by atoms with Gasteiger partial charge < -0.3 is 9.47 Å². The van der Waals surface area contributed by atoms with Gasteiger partial charge in [-0.05, 0) is 61.8 Å². The van der Waals surface area contributed by atoms with Crippen LogP contribution in [0.3, 0.4) is 0 Å². The summed E-state index contributed by atoms with van der Waals surface area (Å²) in [5.41, 5.74) is 1.08. The van der Waals surface area contributed by atoms with Gasteiger partial charge in [-0.1, -0.05) is 64.1 Å². The first-order valence-electron chi connectivity index (χ1n) is 11.4. The second-order valence-corrected chi connectivity index (χ2v) is 8.96. The van der Waals surface area contributed by atoms with E-state index in [1.54, 1.807) is 24.3 Å². The number of carbonyl (C=O) groups excluding carboxylic acids is 2. The smallest absolute Gasteiger partial charge is 0.338 e. The zero-order chi connectivity index (χ0) is 22.6. The van der Waals surface area contributed by atoms with Crippen LogP contribution >= 0.6 is 0 Å². The molecule has 0 spiro atoms. The second kappa shape index (κ2) is 12.9. The Hall–Kier alpha value is -2.62. The quantitative estimate of drug-likeness (QED) is 0.356. The Labute approximate surface area is 187 Å². The molecule has 2 aromatic rings. The minimum absolute atomic E-state index is 0.296. The highest BCUT2D eigenvalue weighted by Gasteiger charge is 2.24. The van der Waals surface area contributed by atoms with E-state index in [0.717, 1.165) is 25.7 Å². The first-order valence-corrected chi connectivity index (χ1v) is 11.4. The molecule has 0 N–H and O–H groups in total. The van der Waals surface area contributed by atoms with Gasteiger partial charge in [-0.3, -0.25) is 0 Å². The molecule has 0 saturated heterocycles. The Bertz CT molecular complexity index is 716. The molecule has 0 amide bonds. The van der Waals surface area contributed by atoms with Crippen LogP contribution in [0, 0.1) is 11.8 Å². The van der Waals surface area contributed by atoms with Crippen molar-refractivity contribution in [2.45, 2.75) is 72.0 Å². The number of esters is 2. The number of hydrogen-bond acceptors (Lipinski definition) is 4. The lowest BCUT2D eigenvalue weighted by Crippen LogP contribution is -2.28. The molecule has 4 heteroatoms. The molecule has 0 saturated carbocycles. The van der Waals surface area contributed by atoms with E-state index in [4.69, 9.17) is 9.47 Å². The summed E-state index contributed by atoms with van der Waals surface area (Å²) >= 11 is 0. The van der Waals surface area contributed by atoms with E-state index in [1.165, 1.54) is 0 Å². The third-order valence-corrected chi connectivity index (χ3v) is 5.22. The van der Waals surface area contributed by atoms with Crippen LogP contribution in [0.25, 0.3) is 0 Å². The fraction of sp³-hybridized carbons (Fsp3) is 0.481. The van der Waals surface area contributed by atoms with Crippen molar-refractivity contribution in [2.24, 2.45) is 11.8 Å². The SMILES string of the molecule is CC(C)CCC(CC(CCC(C)C)OC(=O)c1ccccc1)OC(=O)c1ccccc1. The molecule has 2 atom stereocenters. The summed E-state index contributed by atoms with van der Waals surface area (Å²) in [6.45, 7) is 8.62. The predicted octanol–water partition coefficient (Wildman–Crippen LogP) is 6.70. The topological polar surface area (TPSA) is 52.6 Å². The summed E-state index contributed by atoms with van der Waals surface area (Å²) in [6.07, 6.45) is 3.30. The average molecular weight is 425 g/mol. The average Bonchev–Trinajstić information content (AvgIpc) is 2.76. The summed E-state index contributed by atoms with van der Waals surface area (Å²) in [5, 5.41) is 0. The Morgan fingerprint density at radius 1 is 0.613 bits per heavy atom. The van der Waals surface area contributed by atoms with Crippen LogP contribution in [0.1, 0.15) is 80.5 Å². The van der Waals surface area contributed by atoms with Crippen molar-refractivity contribution in [2.75, 3.05) is 0 Å². The van der Waals surface area contributed by atoms with Gasteiger partial charge in [0, 0.05) is 6.42 Å². The summed E-state index contributed by atoms with van der Waals surface area (Å²) in [7, 11) is 0. The number of benzene rings is 2. The minimum Gasteiger partial charge on any atom is -0.459 e. The lowest BCUT2D eigenvalue weighted by molar-refractivity contribution is -0.00603. The molecule has 0 heterocycles. The Morgan fingerprint density at radius 3 is 1.29 bits per heavy atom. The first kappa shape index (κ1) is 24.6. The van der Waals surface area contributed by atoms with Gasteiger partial charge in [-0.15, -0.1) is 0 Å². The van der Waals surface area contributed by atoms with E-state index >= 15 is 0 Å². The van der Waals surface area contributed by atoms with Gasteiger partial charge in [0.1, 0.15) is 12.2 Å². The third kappa shape index (κ3) is 9.37. The van der Waals surface area contributed by atoms with Gasteiger partial charge in [0.15, 0.2) is 0 Å². The molecule has 0 radical (unpaired) electrons. The largest absolute Gasteiger partial charge is 0.459 e. The summed E-state index contributed by atoms with van der Waals surface area (Å²) in [4.78, 5) is 25.3. The van der Waals surface area contributed by atoms with Crippen molar-refractivity contribution < 1.29 is 19.1 Å². The fourth-order valence-electron chi connectivity index (χ4n) is 3.37. The molecule has 0 bridgehead atoms. The molecule has 0 aromatic heterocycles. The zero-order valence-electron chi connectivity index (χ0n) is 19.3. The Kier molecular flexibility index (Phi) is 10.3. The van der Waals surface area contributed by atoms with Crippen LogP contribution in [-0.4, -0.2) is 24.1 Å². The molecule has 168 valence electrons. The third-order valence-electron chi connectivity index (χ3n) is 5.22. The highest BCUT2D eigenvalue weighted by Crippen LogP contribution is 2.22. The van der Waals surface area contributed by atoms with E-state index in [2.05, 4.69) is 27.7 Å². The van der Waals surface area contributed by atoms with E-state index in [0.29, 0.717) is 29.4 Å². The Morgan fingerprint density at radius 2 is 0.968 bits per heavy atom. The molecule has 0 aliphatic rings. The molecular formula is C27H36O4. The number of rotatable bonds is 12. The van der Waals surface area contributed by atoms with Crippen LogP contribution in [0.4, 0.5) is 0 Å². The predicted molar refractivity (Wildman–Crippen MR) is 124 cm³/mol. The summed E-state index contributed by atoms with van der Waals surface area (Å²) in [6, 6.07) is 18.1. The van der Waals surface area contributed by atoms with E-state index in [9.17, 15) is 9.59 Å². The number of ether oxygens (including phenoxy) is 2. The van der Waals surface area contributed by atoms with Gasteiger partial charge >= 0.3 is 11.9 Å². The molecule has 0 fully saturated rings. The molecule has 0 aliphatic carbocycles. The molecule has 2 aromatic carbocycles. The standard InChI is InChI=1S/C27H36O4/c1-20(2)15-17-24(30-26(28)22-11-7-5-8-12-22)19-25(18-16-21(3)4)31-27(29)23-13-9-6-10-14-23/h5-14,20-21,24-25H,15-19H2,1-4H3.